The van der Waals surface area contributed by atoms with Crippen molar-refractivity contribution in [2.75, 3.05) is 13.7 Å². The van der Waals surface area contributed by atoms with Gasteiger partial charge in [-0.05, 0) is 31.9 Å². The zero-order valence-corrected chi connectivity index (χ0v) is 14.5. The lowest BCUT2D eigenvalue weighted by atomic mass is 10.1. The molecule has 1 aliphatic heterocycles. The van der Waals surface area contributed by atoms with E-state index < -0.39 is 0 Å². The van der Waals surface area contributed by atoms with Crippen molar-refractivity contribution >= 4 is 22.8 Å². The van der Waals surface area contributed by atoms with E-state index in [1.165, 1.54) is 0 Å². The molecule has 1 N–H and O–H groups in total. The fraction of sp³-hybridized carbons (Fsp3) is 0.474. The summed E-state index contributed by atoms with van der Waals surface area (Å²) in [6.45, 7) is 2.42. The summed E-state index contributed by atoms with van der Waals surface area (Å²) in [5.41, 5.74) is 0.678. The Morgan fingerprint density at radius 3 is 2.92 bits per heavy atom. The van der Waals surface area contributed by atoms with Gasteiger partial charge in [-0.15, -0.1) is 0 Å². The van der Waals surface area contributed by atoms with Gasteiger partial charge in [-0.25, -0.2) is 0 Å². The van der Waals surface area contributed by atoms with E-state index in [1.54, 1.807) is 7.11 Å². The number of likely N-dealkylation sites (tertiary alicyclic amines) is 1. The second-order valence-electron chi connectivity index (χ2n) is 6.94. The average molecular weight is 342 g/mol. The standard InChI is InChI=1S/C19H22N2O4/c1-11(16-8-12-4-3-5-15(24-2)18(12)25-16)20-19(23)13-9-17(22)21(10-13)14-6-7-14/h3-5,8,11,13-14H,6-7,9-10H2,1-2H3,(H,20,23)/t11-,13-/m1/s1. The number of amides is 2. The van der Waals surface area contributed by atoms with Crippen LogP contribution in [-0.2, 0) is 9.59 Å². The van der Waals surface area contributed by atoms with Crippen LogP contribution in [-0.4, -0.2) is 36.4 Å². The minimum Gasteiger partial charge on any atom is -0.493 e. The van der Waals surface area contributed by atoms with E-state index >= 15 is 0 Å². The molecular formula is C19H22N2O4. The molecule has 6 nitrogen and oxygen atoms in total. The molecule has 2 aliphatic rings. The molecule has 1 saturated heterocycles. The van der Waals surface area contributed by atoms with Crippen LogP contribution in [0.3, 0.4) is 0 Å². The van der Waals surface area contributed by atoms with Crippen LogP contribution in [0.15, 0.2) is 28.7 Å². The highest BCUT2D eigenvalue weighted by Crippen LogP contribution is 2.34. The molecule has 1 aliphatic carbocycles. The van der Waals surface area contributed by atoms with Gasteiger partial charge in [-0.3, -0.25) is 9.59 Å². The fourth-order valence-electron chi connectivity index (χ4n) is 3.48. The van der Waals surface area contributed by atoms with Crippen molar-refractivity contribution in [1.82, 2.24) is 10.2 Å². The van der Waals surface area contributed by atoms with Crippen molar-refractivity contribution in [2.24, 2.45) is 5.92 Å². The molecule has 2 heterocycles. The minimum absolute atomic E-state index is 0.0866. The van der Waals surface area contributed by atoms with Crippen LogP contribution in [0.5, 0.6) is 5.75 Å². The molecule has 1 aromatic heterocycles. The number of para-hydroxylation sites is 1. The monoisotopic (exact) mass is 342 g/mol. The van der Waals surface area contributed by atoms with Crippen LogP contribution in [0, 0.1) is 5.92 Å². The van der Waals surface area contributed by atoms with Crippen molar-refractivity contribution in [2.45, 2.75) is 38.3 Å². The van der Waals surface area contributed by atoms with Gasteiger partial charge in [0.1, 0.15) is 5.76 Å². The summed E-state index contributed by atoms with van der Waals surface area (Å²) in [6.07, 6.45) is 2.44. The molecule has 0 radical (unpaired) electrons. The molecule has 2 atom stereocenters. The first-order chi connectivity index (χ1) is 12.1. The van der Waals surface area contributed by atoms with Crippen molar-refractivity contribution < 1.29 is 18.7 Å². The lowest BCUT2D eigenvalue weighted by Gasteiger charge is -2.17. The summed E-state index contributed by atoms with van der Waals surface area (Å²) in [4.78, 5) is 26.4. The Morgan fingerprint density at radius 2 is 2.20 bits per heavy atom. The number of carbonyl (C=O) groups excluding carboxylic acids is 2. The summed E-state index contributed by atoms with van der Waals surface area (Å²) in [6, 6.07) is 7.71. The van der Waals surface area contributed by atoms with Crippen LogP contribution < -0.4 is 10.1 Å². The summed E-state index contributed by atoms with van der Waals surface area (Å²) < 4.78 is 11.2. The van der Waals surface area contributed by atoms with E-state index in [9.17, 15) is 9.59 Å². The van der Waals surface area contributed by atoms with E-state index in [4.69, 9.17) is 9.15 Å². The quantitative estimate of drug-likeness (QED) is 0.907. The van der Waals surface area contributed by atoms with E-state index in [1.807, 2.05) is 36.1 Å². The molecular weight excluding hydrogens is 320 g/mol. The number of methoxy groups -OCH3 is 1. The zero-order chi connectivity index (χ0) is 17.6. The number of ether oxygens (including phenoxy) is 1. The molecule has 2 fully saturated rings. The highest BCUT2D eigenvalue weighted by Gasteiger charge is 2.41. The van der Waals surface area contributed by atoms with Crippen molar-refractivity contribution in [3.8, 4) is 5.75 Å². The second kappa shape index (κ2) is 6.10. The van der Waals surface area contributed by atoms with Crippen molar-refractivity contribution in [3.05, 3.63) is 30.0 Å². The number of fused-ring (bicyclic) bond motifs is 1. The minimum atomic E-state index is -0.269. The van der Waals surface area contributed by atoms with Crippen LogP contribution in [0.2, 0.25) is 0 Å². The Hall–Kier alpha value is -2.50. The number of benzene rings is 1. The molecule has 2 aromatic rings. The number of carbonyl (C=O) groups is 2. The highest BCUT2D eigenvalue weighted by atomic mass is 16.5. The number of furan rings is 1. The van der Waals surface area contributed by atoms with E-state index in [0.29, 0.717) is 36.1 Å². The third-order valence-corrected chi connectivity index (χ3v) is 5.05. The third kappa shape index (κ3) is 2.97. The molecule has 6 heteroatoms. The number of hydrogen-bond acceptors (Lipinski definition) is 4. The van der Waals surface area contributed by atoms with Gasteiger partial charge >= 0.3 is 0 Å². The van der Waals surface area contributed by atoms with Crippen LogP contribution in [0.25, 0.3) is 11.0 Å². The molecule has 25 heavy (non-hydrogen) atoms. The predicted octanol–water partition coefficient (Wildman–Crippen LogP) is 2.63. The summed E-state index contributed by atoms with van der Waals surface area (Å²) in [7, 11) is 1.60. The smallest absolute Gasteiger partial charge is 0.226 e. The largest absolute Gasteiger partial charge is 0.493 e. The van der Waals surface area contributed by atoms with E-state index in [-0.39, 0.29) is 23.8 Å². The Bertz CT molecular complexity index is 824. The van der Waals surface area contributed by atoms with Gasteiger partial charge in [0.2, 0.25) is 11.8 Å². The van der Waals surface area contributed by atoms with Gasteiger partial charge in [0.15, 0.2) is 11.3 Å². The van der Waals surface area contributed by atoms with E-state index in [2.05, 4.69) is 5.32 Å². The maximum absolute atomic E-state index is 12.5. The Morgan fingerprint density at radius 1 is 1.40 bits per heavy atom. The predicted molar refractivity (Wildman–Crippen MR) is 92.2 cm³/mol. The maximum Gasteiger partial charge on any atom is 0.226 e. The molecule has 132 valence electrons. The lowest BCUT2D eigenvalue weighted by molar-refractivity contribution is -0.129. The maximum atomic E-state index is 12.5. The Labute approximate surface area is 146 Å². The van der Waals surface area contributed by atoms with Crippen LogP contribution in [0.4, 0.5) is 0 Å². The molecule has 0 spiro atoms. The van der Waals surface area contributed by atoms with Gasteiger partial charge in [-0.2, -0.15) is 0 Å². The van der Waals surface area contributed by atoms with Crippen LogP contribution >= 0.6 is 0 Å². The first-order valence-corrected chi connectivity index (χ1v) is 8.73. The van der Waals surface area contributed by atoms with Gasteiger partial charge in [0.25, 0.3) is 0 Å². The van der Waals surface area contributed by atoms with Gasteiger partial charge < -0.3 is 19.4 Å². The van der Waals surface area contributed by atoms with Crippen molar-refractivity contribution in [1.29, 1.82) is 0 Å². The van der Waals surface area contributed by atoms with Gasteiger partial charge in [0.05, 0.1) is 19.1 Å². The number of nitrogens with zero attached hydrogens (tertiary/aromatic N) is 1. The number of hydrogen-bond donors (Lipinski definition) is 1. The molecule has 4 rings (SSSR count). The van der Waals surface area contributed by atoms with Gasteiger partial charge in [0, 0.05) is 24.4 Å². The Kier molecular flexibility index (Phi) is 3.90. The lowest BCUT2D eigenvalue weighted by Crippen LogP contribution is -2.34. The molecule has 1 saturated carbocycles. The Balaban J connectivity index is 1.45. The topological polar surface area (TPSA) is 71.8 Å². The third-order valence-electron chi connectivity index (χ3n) is 5.05. The van der Waals surface area contributed by atoms with Crippen LogP contribution in [0.1, 0.15) is 38.0 Å². The molecule has 0 unspecified atom stereocenters. The number of nitrogens with one attached hydrogen (secondary N) is 1. The van der Waals surface area contributed by atoms with Gasteiger partial charge in [-0.1, -0.05) is 12.1 Å². The first-order valence-electron chi connectivity index (χ1n) is 8.73. The summed E-state index contributed by atoms with van der Waals surface area (Å²) in [5.74, 6) is 1.09. The highest BCUT2D eigenvalue weighted by molar-refractivity contribution is 5.90. The summed E-state index contributed by atoms with van der Waals surface area (Å²) >= 11 is 0. The molecule has 1 aromatic carbocycles. The second-order valence-corrected chi connectivity index (χ2v) is 6.94. The molecule has 2 amide bonds. The zero-order valence-electron chi connectivity index (χ0n) is 14.5. The SMILES string of the molecule is COc1cccc2cc([C@@H](C)NC(=O)[C@@H]3CC(=O)N(C4CC4)C3)oc12. The normalized spacial score (nSPS) is 21.6. The first kappa shape index (κ1) is 16.0. The van der Waals surface area contributed by atoms with E-state index in [0.717, 1.165) is 18.2 Å². The summed E-state index contributed by atoms with van der Waals surface area (Å²) in [5, 5.41) is 3.92. The average Bonchev–Trinajstić information content (AvgIpc) is 3.21. The van der Waals surface area contributed by atoms with Crippen molar-refractivity contribution in [3.63, 3.8) is 0 Å². The fourth-order valence-corrected chi connectivity index (χ4v) is 3.48. The molecule has 0 bridgehead atoms. The number of rotatable bonds is 5.